The maximum Gasteiger partial charge on any atom is 0.0987 e. The van der Waals surface area contributed by atoms with E-state index in [-0.39, 0.29) is 6.10 Å². The van der Waals surface area contributed by atoms with Gasteiger partial charge in [-0.2, -0.15) is 0 Å². The Kier molecular flexibility index (Phi) is 9.17. The SMILES string of the molecule is C=CC1COCCOCCOCCOCCO1. The van der Waals surface area contributed by atoms with Crippen molar-refractivity contribution in [3.8, 4) is 0 Å². The Hall–Kier alpha value is -0.460. The summed E-state index contributed by atoms with van der Waals surface area (Å²) >= 11 is 0. The molecule has 0 aromatic heterocycles. The molecule has 0 aromatic rings. The normalized spacial score (nSPS) is 26.7. The second-order valence-corrected chi connectivity index (χ2v) is 3.56. The van der Waals surface area contributed by atoms with Crippen molar-refractivity contribution < 1.29 is 23.7 Å². The fraction of sp³-hybridized carbons (Fsp3) is 0.833. The molecule has 0 bridgehead atoms. The van der Waals surface area contributed by atoms with Crippen LogP contribution in [0.25, 0.3) is 0 Å². The van der Waals surface area contributed by atoms with Crippen LogP contribution in [-0.2, 0) is 23.7 Å². The van der Waals surface area contributed by atoms with Gasteiger partial charge in [0.05, 0.1) is 65.6 Å². The van der Waals surface area contributed by atoms with Crippen molar-refractivity contribution in [1.29, 1.82) is 0 Å². The lowest BCUT2D eigenvalue weighted by Crippen LogP contribution is -2.21. The van der Waals surface area contributed by atoms with Crippen molar-refractivity contribution in [2.75, 3.05) is 59.5 Å². The highest BCUT2D eigenvalue weighted by Crippen LogP contribution is 1.96. The van der Waals surface area contributed by atoms with Crippen LogP contribution in [-0.4, -0.2) is 65.6 Å². The average Bonchev–Trinajstić information content (AvgIpc) is 2.36. The van der Waals surface area contributed by atoms with Gasteiger partial charge in [-0.1, -0.05) is 6.08 Å². The van der Waals surface area contributed by atoms with Gasteiger partial charge in [-0.25, -0.2) is 0 Å². The predicted octanol–water partition coefficient (Wildman–Crippen LogP) is 0.638. The molecule has 1 saturated heterocycles. The number of rotatable bonds is 1. The zero-order valence-corrected chi connectivity index (χ0v) is 10.3. The summed E-state index contributed by atoms with van der Waals surface area (Å²) in [7, 11) is 0. The van der Waals surface area contributed by atoms with Gasteiger partial charge >= 0.3 is 0 Å². The highest BCUT2D eigenvalue weighted by molar-refractivity contribution is 4.79. The van der Waals surface area contributed by atoms with Gasteiger partial charge in [0, 0.05) is 0 Å². The maximum atomic E-state index is 5.52. The first-order valence-corrected chi connectivity index (χ1v) is 5.98. The van der Waals surface area contributed by atoms with Crippen LogP contribution in [0.5, 0.6) is 0 Å². The molecule has 0 saturated carbocycles. The summed E-state index contributed by atoms with van der Waals surface area (Å²) in [5.74, 6) is 0. The molecule has 1 aliphatic rings. The lowest BCUT2D eigenvalue weighted by molar-refractivity contribution is -0.0265. The minimum Gasteiger partial charge on any atom is -0.377 e. The van der Waals surface area contributed by atoms with Gasteiger partial charge in [0.2, 0.25) is 0 Å². The number of ether oxygens (including phenoxy) is 5. The molecule has 1 unspecified atom stereocenters. The molecule has 0 radical (unpaired) electrons. The van der Waals surface area contributed by atoms with Crippen molar-refractivity contribution in [1.82, 2.24) is 0 Å². The van der Waals surface area contributed by atoms with E-state index in [0.717, 1.165) is 0 Å². The third-order valence-corrected chi connectivity index (χ3v) is 2.22. The monoisotopic (exact) mass is 246 g/mol. The maximum absolute atomic E-state index is 5.52. The molecule has 0 aliphatic carbocycles. The molecule has 1 atom stereocenters. The van der Waals surface area contributed by atoms with E-state index in [9.17, 15) is 0 Å². The summed E-state index contributed by atoms with van der Waals surface area (Å²) in [6, 6.07) is 0. The van der Waals surface area contributed by atoms with Crippen LogP contribution in [0.1, 0.15) is 0 Å². The zero-order valence-electron chi connectivity index (χ0n) is 10.3. The summed E-state index contributed by atoms with van der Waals surface area (Å²) in [4.78, 5) is 0. The molecular formula is C12H22O5. The van der Waals surface area contributed by atoms with E-state index >= 15 is 0 Å². The number of hydrogen-bond acceptors (Lipinski definition) is 5. The van der Waals surface area contributed by atoms with Crippen LogP contribution in [0, 0.1) is 0 Å². The Labute approximate surface area is 103 Å². The smallest absolute Gasteiger partial charge is 0.0987 e. The van der Waals surface area contributed by atoms with Gasteiger partial charge in [0.25, 0.3) is 0 Å². The van der Waals surface area contributed by atoms with Crippen LogP contribution in [0.2, 0.25) is 0 Å². The highest BCUT2D eigenvalue weighted by atomic mass is 16.6. The van der Waals surface area contributed by atoms with Crippen molar-refractivity contribution in [3.05, 3.63) is 12.7 Å². The Morgan fingerprint density at radius 2 is 1.18 bits per heavy atom. The molecule has 1 fully saturated rings. The summed E-state index contributed by atoms with van der Waals surface area (Å²) < 4.78 is 26.9. The van der Waals surface area contributed by atoms with E-state index in [1.165, 1.54) is 0 Å². The Morgan fingerprint density at radius 1 is 0.706 bits per heavy atom. The molecule has 0 amide bonds. The predicted molar refractivity (Wildman–Crippen MR) is 63.2 cm³/mol. The van der Waals surface area contributed by atoms with Crippen molar-refractivity contribution in [3.63, 3.8) is 0 Å². The number of hydrogen-bond donors (Lipinski definition) is 0. The zero-order chi connectivity index (χ0) is 12.2. The van der Waals surface area contributed by atoms with Gasteiger partial charge in [-0.05, 0) is 0 Å². The van der Waals surface area contributed by atoms with Crippen LogP contribution in [0.3, 0.4) is 0 Å². The van der Waals surface area contributed by atoms with Crippen molar-refractivity contribution in [2.45, 2.75) is 6.10 Å². The first-order chi connectivity index (χ1) is 8.43. The Bertz CT molecular complexity index is 170. The van der Waals surface area contributed by atoms with Gasteiger partial charge in [-0.3, -0.25) is 0 Å². The second kappa shape index (κ2) is 10.7. The first kappa shape index (κ1) is 14.6. The summed E-state index contributed by atoms with van der Waals surface area (Å²) in [6.45, 7) is 8.79. The molecule has 100 valence electrons. The lowest BCUT2D eigenvalue weighted by atomic mass is 10.4. The minimum atomic E-state index is -0.0834. The molecule has 1 aliphatic heterocycles. The fourth-order valence-electron chi connectivity index (χ4n) is 1.30. The van der Waals surface area contributed by atoms with Crippen molar-refractivity contribution >= 4 is 0 Å². The standard InChI is InChI=1S/C12H22O5/c1-2-12-11-16-8-7-14-4-3-13-5-6-15-9-10-17-12/h2,12H,1,3-11H2. The molecule has 5 nitrogen and oxygen atoms in total. The van der Waals surface area contributed by atoms with Gasteiger partial charge in [0.15, 0.2) is 0 Å². The largest absolute Gasteiger partial charge is 0.377 e. The quantitative estimate of drug-likeness (QED) is 0.635. The molecule has 0 N–H and O–H groups in total. The van der Waals surface area contributed by atoms with Crippen LogP contribution in [0.15, 0.2) is 12.7 Å². The fourth-order valence-corrected chi connectivity index (χ4v) is 1.30. The Balaban J connectivity index is 2.19. The summed E-state index contributed by atoms with van der Waals surface area (Å²) in [5.41, 5.74) is 0. The van der Waals surface area contributed by atoms with Gasteiger partial charge in [0.1, 0.15) is 0 Å². The third-order valence-electron chi connectivity index (χ3n) is 2.22. The van der Waals surface area contributed by atoms with E-state index in [1.54, 1.807) is 6.08 Å². The molecule has 1 heterocycles. The van der Waals surface area contributed by atoms with E-state index < -0.39 is 0 Å². The van der Waals surface area contributed by atoms with E-state index in [4.69, 9.17) is 23.7 Å². The van der Waals surface area contributed by atoms with E-state index in [1.807, 2.05) is 0 Å². The molecule has 1 rings (SSSR count). The molecule has 0 aromatic carbocycles. The average molecular weight is 246 g/mol. The second-order valence-electron chi connectivity index (χ2n) is 3.56. The van der Waals surface area contributed by atoms with Gasteiger partial charge in [-0.15, -0.1) is 6.58 Å². The molecule has 0 spiro atoms. The van der Waals surface area contributed by atoms with Crippen LogP contribution in [0.4, 0.5) is 0 Å². The van der Waals surface area contributed by atoms with Gasteiger partial charge < -0.3 is 23.7 Å². The van der Waals surface area contributed by atoms with Crippen molar-refractivity contribution in [2.24, 2.45) is 0 Å². The van der Waals surface area contributed by atoms with Crippen LogP contribution < -0.4 is 0 Å². The first-order valence-electron chi connectivity index (χ1n) is 5.98. The summed E-state index contributed by atoms with van der Waals surface area (Å²) in [5, 5.41) is 0. The third kappa shape index (κ3) is 8.29. The molecule has 5 heteroatoms. The topological polar surface area (TPSA) is 46.2 Å². The summed E-state index contributed by atoms with van der Waals surface area (Å²) in [6.07, 6.45) is 1.65. The Morgan fingerprint density at radius 3 is 1.71 bits per heavy atom. The van der Waals surface area contributed by atoms with E-state index in [0.29, 0.717) is 59.5 Å². The highest BCUT2D eigenvalue weighted by Gasteiger charge is 2.04. The molecular weight excluding hydrogens is 224 g/mol. The van der Waals surface area contributed by atoms with E-state index in [2.05, 4.69) is 6.58 Å². The minimum absolute atomic E-state index is 0.0834. The molecule has 17 heavy (non-hydrogen) atoms. The lowest BCUT2D eigenvalue weighted by Gasteiger charge is -2.14. The van der Waals surface area contributed by atoms with Crippen LogP contribution >= 0.6 is 0 Å².